The molecule has 0 aliphatic heterocycles. The van der Waals surface area contributed by atoms with E-state index in [2.05, 4.69) is 20.6 Å². The van der Waals surface area contributed by atoms with Gasteiger partial charge in [0.1, 0.15) is 5.69 Å². The number of benzene rings is 1. The highest BCUT2D eigenvalue weighted by atomic mass is 16.2. The SMILES string of the molecule is NCCC(=O)NC1CCC(NC(=O)c2cnc3ccccc3n2)CC1. The summed E-state index contributed by atoms with van der Waals surface area (Å²) in [5.41, 5.74) is 7.19. The predicted octanol–water partition coefficient (Wildman–Crippen LogP) is 1.14. The Morgan fingerprint density at radius 3 is 2.36 bits per heavy atom. The van der Waals surface area contributed by atoms with Gasteiger partial charge in [-0.3, -0.25) is 14.6 Å². The monoisotopic (exact) mass is 341 g/mol. The molecule has 1 fully saturated rings. The molecule has 4 N–H and O–H groups in total. The lowest BCUT2D eigenvalue weighted by atomic mass is 9.91. The number of aromatic nitrogens is 2. The molecule has 0 spiro atoms. The number of hydrogen-bond acceptors (Lipinski definition) is 5. The average Bonchev–Trinajstić information content (AvgIpc) is 2.63. The fourth-order valence-corrected chi connectivity index (χ4v) is 3.14. The molecule has 1 aromatic carbocycles. The van der Waals surface area contributed by atoms with Crippen LogP contribution in [0.1, 0.15) is 42.6 Å². The minimum absolute atomic E-state index is 0.00132. The molecule has 25 heavy (non-hydrogen) atoms. The van der Waals surface area contributed by atoms with Crippen LogP contribution in [0.25, 0.3) is 11.0 Å². The van der Waals surface area contributed by atoms with Crippen molar-refractivity contribution in [1.82, 2.24) is 20.6 Å². The molecule has 7 nitrogen and oxygen atoms in total. The number of para-hydroxylation sites is 2. The highest BCUT2D eigenvalue weighted by Crippen LogP contribution is 2.19. The van der Waals surface area contributed by atoms with E-state index in [0.29, 0.717) is 24.2 Å². The van der Waals surface area contributed by atoms with Crippen molar-refractivity contribution in [2.24, 2.45) is 5.73 Å². The fraction of sp³-hybridized carbons (Fsp3) is 0.444. The van der Waals surface area contributed by atoms with Gasteiger partial charge < -0.3 is 16.4 Å². The van der Waals surface area contributed by atoms with Crippen molar-refractivity contribution < 1.29 is 9.59 Å². The largest absolute Gasteiger partial charge is 0.353 e. The number of carbonyl (C=O) groups is 2. The van der Waals surface area contributed by atoms with E-state index in [9.17, 15) is 9.59 Å². The first kappa shape index (κ1) is 17.3. The molecule has 0 saturated heterocycles. The van der Waals surface area contributed by atoms with Crippen LogP contribution in [0.4, 0.5) is 0 Å². The van der Waals surface area contributed by atoms with Gasteiger partial charge in [-0.25, -0.2) is 4.98 Å². The van der Waals surface area contributed by atoms with Gasteiger partial charge in [0.15, 0.2) is 0 Å². The Kier molecular flexibility index (Phi) is 5.55. The molecule has 132 valence electrons. The van der Waals surface area contributed by atoms with Gasteiger partial charge in [-0.05, 0) is 37.8 Å². The van der Waals surface area contributed by atoms with Crippen LogP contribution in [-0.2, 0) is 4.79 Å². The van der Waals surface area contributed by atoms with Crippen LogP contribution < -0.4 is 16.4 Å². The number of rotatable bonds is 5. The fourth-order valence-electron chi connectivity index (χ4n) is 3.14. The van der Waals surface area contributed by atoms with E-state index in [1.807, 2.05) is 24.3 Å². The van der Waals surface area contributed by atoms with Gasteiger partial charge >= 0.3 is 0 Å². The highest BCUT2D eigenvalue weighted by Gasteiger charge is 2.24. The zero-order valence-corrected chi connectivity index (χ0v) is 14.1. The lowest BCUT2D eigenvalue weighted by Crippen LogP contribution is -2.44. The Balaban J connectivity index is 1.52. The molecule has 0 atom stereocenters. The third kappa shape index (κ3) is 4.51. The number of nitrogens with one attached hydrogen (secondary N) is 2. The van der Waals surface area contributed by atoms with Gasteiger partial charge in [0.05, 0.1) is 17.2 Å². The van der Waals surface area contributed by atoms with Crippen LogP contribution in [-0.4, -0.2) is 40.4 Å². The number of nitrogens with zero attached hydrogens (tertiary/aromatic N) is 2. The quantitative estimate of drug-likeness (QED) is 0.755. The maximum Gasteiger partial charge on any atom is 0.271 e. The minimum atomic E-state index is -0.200. The molecule has 0 radical (unpaired) electrons. The van der Waals surface area contributed by atoms with E-state index in [0.717, 1.165) is 31.2 Å². The first-order valence-corrected chi connectivity index (χ1v) is 8.68. The third-order valence-electron chi connectivity index (χ3n) is 4.48. The Labute approximate surface area is 146 Å². The lowest BCUT2D eigenvalue weighted by molar-refractivity contribution is -0.121. The van der Waals surface area contributed by atoms with Crippen LogP contribution in [0, 0.1) is 0 Å². The van der Waals surface area contributed by atoms with Crippen LogP contribution in [0.5, 0.6) is 0 Å². The summed E-state index contributed by atoms with van der Waals surface area (Å²) < 4.78 is 0. The molecule has 0 bridgehead atoms. The lowest BCUT2D eigenvalue weighted by Gasteiger charge is -2.29. The standard InChI is InChI=1S/C18H23N5O2/c19-10-9-17(24)21-12-5-7-13(8-6-12)22-18(25)16-11-20-14-3-1-2-4-15(14)23-16/h1-4,11-13H,5-10,19H2,(H,21,24)(H,22,25). The van der Waals surface area contributed by atoms with Crippen molar-refractivity contribution in [2.45, 2.75) is 44.2 Å². The molecule has 7 heteroatoms. The molecule has 1 aliphatic rings. The third-order valence-corrected chi connectivity index (χ3v) is 4.48. The molecular weight excluding hydrogens is 318 g/mol. The van der Waals surface area contributed by atoms with Gasteiger partial charge in [0.25, 0.3) is 5.91 Å². The summed E-state index contributed by atoms with van der Waals surface area (Å²) in [6.07, 6.45) is 5.24. The molecular formula is C18H23N5O2. The van der Waals surface area contributed by atoms with Crippen LogP contribution in [0.2, 0.25) is 0 Å². The second kappa shape index (κ2) is 8.02. The van der Waals surface area contributed by atoms with Gasteiger partial charge in [-0.2, -0.15) is 0 Å². The van der Waals surface area contributed by atoms with Crippen molar-refractivity contribution in [3.8, 4) is 0 Å². The van der Waals surface area contributed by atoms with E-state index in [1.54, 1.807) is 0 Å². The molecule has 3 rings (SSSR count). The van der Waals surface area contributed by atoms with Crippen LogP contribution in [0.15, 0.2) is 30.5 Å². The summed E-state index contributed by atoms with van der Waals surface area (Å²) in [5.74, 6) is -0.199. The first-order valence-electron chi connectivity index (χ1n) is 8.68. The van der Waals surface area contributed by atoms with Gasteiger partial charge in [0.2, 0.25) is 5.91 Å². The summed E-state index contributed by atoms with van der Waals surface area (Å²) >= 11 is 0. The zero-order chi connectivity index (χ0) is 17.6. The van der Waals surface area contributed by atoms with Crippen molar-refractivity contribution in [3.05, 3.63) is 36.2 Å². The van der Waals surface area contributed by atoms with E-state index in [4.69, 9.17) is 5.73 Å². The van der Waals surface area contributed by atoms with Crippen molar-refractivity contribution in [3.63, 3.8) is 0 Å². The predicted molar refractivity (Wildman–Crippen MR) is 94.9 cm³/mol. The van der Waals surface area contributed by atoms with Gasteiger partial charge in [0, 0.05) is 25.0 Å². The van der Waals surface area contributed by atoms with Gasteiger partial charge in [-0.1, -0.05) is 12.1 Å². The Morgan fingerprint density at radius 2 is 1.68 bits per heavy atom. The number of carbonyl (C=O) groups excluding carboxylic acids is 2. The van der Waals surface area contributed by atoms with E-state index in [-0.39, 0.29) is 23.9 Å². The molecule has 1 heterocycles. The molecule has 1 aromatic heterocycles. The summed E-state index contributed by atoms with van der Waals surface area (Å²) in [7, 11) is 0. The van der Waals surface area contributed by atoms with Crippen molar-refractivity contribution >= 4 is 22.8 Å². The highest BCUT2D eigenvalue weighted by molar-refractivity contribution is 5.93. The summed E-state index contributed by atoms with van der Waals surface area (Å²) in [5, 5.41) is 6.02. The normalized spacial score (nSPS) is 20.2. The Hall–Kier alpha value is -2.54. The summed E-state index contributed by atoms with van der Waals surface area (Å²) in [6, 6.07) is 7.75. The number of fused-ring (bicyclic) bond motifs is 1. The summed E-state index contributed by atoms with van der Waals surface area (Å²) in [4.78, 5) is 32.6. The Bertz CT molecular complexity index is 756. The maximum absolute atomic E-state index is 12.4. The molecule has 0 unspecified atom stereocenters. The number of amides is 2. The van der Waals surface area contributed by atoms with E-state index < -0.39 is 0 Å². The van der Waals surface area contributed by atoms with E-state index >= 15 is 0 Å². The molecule has 1 saturated carbocycles. The topological polar surface area (TPSA) is 110 Å². The molecule has 1 aliphatic carbocycles. The smallest absolute Gasteiger partial charge is 0.271 e. The number of hydrogen-bond donors (Lipinski definition) is 3. The zero-order valence-electron chi connectivity index (χ0n) is 14.1. The molecule has 2 amide bonds. The second-order valence-corrected chi connectivity index (χ2v) is 6.37. The van der Waals surface area contributed by atoms with Crippen molar-refractivity contribution in [1.29, 1.82) is 0 Å². The molecule has 2 aromatic rings. The average molecular weight is 341 g/mol. The second-order valence-electron chi connectivity index (χ2n) is 6.37. The van der Waals surface area contributed by atoms with E-state index in [1.165, 1.54) is 6.20 Å². The van der Waals surface area contributed by atoms with Crippen LogP contribution >= 0.6 is 0 Å². The Morgan fingerprint density at radius 1 is 1.04 bits per heavy atom. The number of nitrogens with two attached hydrogens (primary N) is 1. The van der Waals surface area contributed by atoms with Gasteiger partial charge in [-0.15, -0.1) is 0 Å². The van der Waals surface area contributed by atoms with Crippen molar-refractivity contribution in [2.75, 3.05) is 6.54 Å². The summed E-state index contributed by atoms with van der Waals surface area (Å²) in [6.45, 7) is 0.365. The maximum atomic E-state index is 12.4. The minimum Gasteiger partial charge on any atom is -0.353 e. The first-order chi connectivity index (χ1) is 12.2. The van der Waals surface area contributed by atoms with Crippen LogP contribution in [0.3, 0.4) is 0 Å².